The average Bonchev–Trinajstić information content (AvgIpc) is 3.08. The summed E-state index contributed by atoms with van der Waals surface area (Å²) in [5.41, 5.74) is 6.90. The van der Waals surface area contributed by atoms with Crippen molar-refractivity contribution in [3.05, 3.63) is 110 Å². The lowest BCUT2D eigenvalue weighted by Gasteiger charge is -2.11. The largest absolute Gasteiger partial charge is 0.489 e. The van der Waals surface area contributed by atoms with Crippen LogP contribution in [-0.2, 0) is 13.2 Å². The fourth-order valence-electron chi connectivity index (χ4n) is 3.93. The molecule has 7 heteroatoms. The highest BCUT2D eigenvalue weighted by Crippen LogP contribution is 2.27. The maximum Gasteiger partial charge on any atom is 0.255 e. The highest BCUT2D eigenvalue weighted by molar-refractivity contribution is 6.32. The van der Waals surface area contributed by atoms with E-state index in [0.29, 0.717) is 23.7 Å². The summed E-state index contributed by atoms with van der Waals surface area (Å²) in [6.07, 6.45) is 0. The number of amides is 1. The van der Waals surface area contributed by atoms with Gasteiger partial charge in [0.25, 0.3) is 5.91 Å². The second-order valence-corrected chi connectivity index (χ2v) is 9.46. The number of aromatic nitrogens is 2. The van der Waals surface area contributed by atoms with E-state index in [2.05, 4.69) is 10.4 Å². The first-order chi connectivity index (χ1) is 16.7. The molecular formula is C28H27Cl2N3O2. The normalized spacial score (nSPS) is 10.9. The van der Waals surface area contributed by atoms with Crippen LogP contribution < -0.4 is 10.1 Å². The number of rotatable bonds is 7. The zero-order valence-electron chi connectivity index (χ0n) is 20.2. The Morgan fingerprint density at radius 2 is 1.63 bits per heavy atom. The van der Waals surface area contributed by atoms with Crippen LogP contribution in [0, 0.1) is 27.7 Å². The zero-order valence-corrected chi connectivity index (χ0v) is 21.7. The van der Waals surface area contributed by atoms with Crippen LogP contribution >= 0.6 is 23.2 Å². The van der Waals surface area contributed by atoms with Crippen LogP contribution in [0.3, 0.4) is 0 Å². The van der Waals surface area contributed by atoms with Crippen LogP contribution in [0.5, 0.6) is 5.75 Å². The van der Waals surface area contributed by atoms with Crippen LogP contribution in [0.1, 0.15) is 44.0 Å². The van der Waals surface area contributed by atoms with Crippen molar-refractivity contribution in [3.8, 4) is 5.75 Å². The van der Waals surface area contributed by atoms with Crippen molar-refractivity contribution in [2.24, 2.45) is 0 Å². The van der Waals surface area contributed by atoms with Crippen molar-refractivity contribution in [1.29, 1.82) is 0 Å². The minimum Gasteiger partial charge on any atom is -0.489 e. The van der Waals surface area contributed by atoms with E-state index in [1.165, 1.54) is 0 Å². The summed E-state index contributed by atoms with van der Waals surface area (Å²) < 4.78 is 7.79. The van der Waals surface area contributed by atoms with E-state index >= 15 is 0 Å². The molecule has 3 aromatic carbocycles. The summed E-state index contributed by atoms with van der Waals surface area (Å²) >= 11 is 12.3. The quantitative estimate of drug-likeness (QED) is 0.285. The first-order valence-electron chi connectivity index (χ1n) is 11.3. The van der Waals surface area contributed by atoms with Gasteiger partial charge in [0.15, 0.2) is 0 Å². The molecule has 0 bridgehead atoms. The van der Waals surface area contributed by atoms with Gasteiger partial charge in [0.05, 0.1) is 23.6 Å². The van der Waals surface area contributed by atoms with Gasteiger partial charge in [-0.05, 0) is 86.3 Å². The van der Waals surface area contributed by atoms with Crippen molar-refractivity contribution >= 4 is 34.8 Å². The SMILES string of the molecule is Cc1cc(OCc2ccc(C(=O)Nc3c(C)nn(Cc4cccc(Cl)c4)c3C)cc2)cc(C)c1Cl. The number of nitrogens with one attached hydrogen (secondary N) is 1. The van der Waals surface area contributed by atoms with Gasteiger partial charge in [-0.3, -0.25) is 9.48 Å². The molecule has 0 aliphatic heterocycles. The highest BCUT2D eigenvalue weighted by atomic mass is 35.5. The number of ether oxygens (including phenoxy) is 1. The topological polar surface area (TPSA) is 56.1 Å². The molecule has 0 unspecified atom stereocenters. The average molecular weight is 508 g/mol. The third-order valence-corrected chi connectivity index (χ3v) is 6.70. The maximum atomic E-state index is 12.9. The lowest BCUT2D eigenvalue weighted by atomic mass is 10.1. The van der Waals surface area contributed by atoms with E-state index in [9.17, 15) is 4.79 Å². The van der Waals surface area contributed by atoms with Crippen LogP contribution in [0.2, 0.25) is 10.0 Å². The molecule has 0 atom stereocenters. The molecule has 0 saturated carbocycles. The lowest BCUT2D eigenvalue weighted by Crippen LogP contribution is -2.13. The number of benzene rings is 3. The summed E-state index contributed by atoms with van der Waals surface area (Å²) in [5, 5.41) is 9.06. The molecule has 1 aromatic heterocycles. The van der Waals surface area contributed by atoms with Gasteiger partial charge in [-0.1, -0.05) is 47.5 Å². The van der Waals surface area contributed by atoms with Crippen molar-refractivity contribution in [2.75, 3.05) is 5.32 Å². The smallest absolute Gasteiger partial charge is 0.255 e. The number of halogens is 2. The van der Waals surface area contributed by atoms with E-state index in [1.807, 2.05) is 80.9 Å². The summed E-state index contributed by atoms with van der Waals surface area (Å²) in [6.45, 7) is 8.72. The number of hydrogen-bond acceptors (Lipinski definition) is 3. The van der Waals surface area contributed by atoms with E-state index in [4.69, 9.17) is 27.9 Å². The van der Waals surface area contributed by atoms with Gasteiger partial charge < -0.3 is 10.1 Å². The highest BCUT2D eigenvalue weighted by Gasteiger charge is 2.16. The summed E-state index contributed by atoms with van der Waals surface area (Å²) in [7, 11) is 0. The van der Waals surface area contributed by atoms with Gasteiger partial charge >= 0.3 is 0 Å². The minimum absolute atomic E-state index is 0.185. The second-order valence-electron chi connectivity index (χ2n) is 8.64. The standard InChI is InChI=1S/C28H27Cl2N3O2/c1-17-12-25(13-18(2)26(17)30)35-16-21-8-10-23(11-9-21)28(34)31-27-19(3)32-33(20(27)4)15-22-6-5-7-24(29)14-22/h5-14H,15-16H2,1-4H3,(H,31,34). The van der Waals surface area contributed by atoms with E-state index in [1.54, 1.807) is 12.1 Å². The predicted octanol–water partition coefficient (Wildman–Crippen LogP) is 7.30. The Labute approximate surface area is 215 Å². The molecule has 1 N–H and O–H groups in total. The molecule has 0 fully saturated rings. The van der Waals surface area contributed by atoms with Crippen LogP contribution in [0.4, 0.5) is 5.69 Å². The van der Waals surface area contributed by atoms with Crippen molar-refractivity contribution in [3.63, 3.8) is 0 Å². The molecule has 0 aliphatic rings. The summed E-state index contributed by atoms with van der Waals surface area (Å²) in [5.74, 6) is 0.585. The molecule has 1 heterocycles. The minimum atomic E-state index is -0.185. The summed E-state index contributed by atoms with van der Waals surface area (Å²) in [4.78, 5) is 12.9. The van der Waals surface area contributed by atoms with E-state index < -0.39 is 0 Å². The Morgan fingerprint density at radius 1 is 0.943 bits per heavy atom. The van der Waals surface area contributed by atoms with Crippen molar-refractivity contribution in [1.82, 2.24) is 9.78 Å². The van der Waals surface area contributed by atoms with Crippen LogP contribution in [0.15, 0.2) is 60.7 Å². The first kappa shape index (κ1) is 24.8. The molecule has 180 valence electrons. The van der Waals surface area contributed by atoms with Crippen LogP contribution in [-0.4, -0.2) is 15.7 Å². The molecule has 4 rings (SSSR count). The molecule has 5 nitrogen and oxygen atoms in total. The Kier molecular flexibility index (Phi) is 7.48. The third kappa shape index (κ3) is 5.87. The van der Waals surface area contributed by atoms with E-state index in [-0.39, 0.29) is 5.91 Å². The van der Waals surface area contributed by atoms with Gasteiger partial charge in [0, 0.05) is 15.6 Å². The number of carbonyl (C=O) groups is 1. The van der Waals surface area contributed by atoms with Gasteiger partial charge in [0.1, 0.15) is 12.4 Å². The molecule has 35 heavy (non-hydrogen) atoms. The Morgan fingerprint density at radius 3 is 2.29 bits per heavy atom. The summed E-state index contributed by atoms with van der Waals surface area (Å²) in [6, 6.07) is 18.9. The number of carbonyl (C=O) groups excluding carboxylic acids is 1. The second kappa shape index (κ2) is 10.5. The Hall–Kier alpha value is -3.28. The molecule has 4 aromatic rings. The lowest BCUT2D eigenvalue weighted by molar-refractivity contribution is 0.102. The monoisotopic (exact) mass is 507 g/mol. The van der Waals surface area contributed by atoms with Crippen molar-refractivity contribution in [2.45, 2.75) is 40.8 Å². The first-order valence-corrected chi connectivity index (χ1v) is 12.0. The molecule has 0 spiro atoms. The van der Waals surface area contributed by atoms with Crippen LogP contribution in [0.25, 0.3) is 0 Å². The molecule has 1 amide bonds. The number of aryl methyl sites for hydroxylation is 3. The Balaban J connectivity index is 1.41. The van der Waals surface area contributed by atoms with Gasteiger partial charge in [-0.15, -0.1) is 0 Å². The van der Waals surface area contributed by atoms with Gasteiger partial charge in [0.2, 0.25) is 0 Å². The predicted molar refractivity (Wildman–Crippen MR) is 142 cm³/mol. The van der Waals surface area contributed by atoms with E-state index in [0.717, 1.165) is 50.1 Å². The zero-order chi connectivity index (χ0) is 25.1. The fourth-order valence-corrected chi connectivity index (χ4v) is 4.26. The van der Waals surface area contributed by atoms with Crippen molar-refractivity contribution < 1.29 is 9.53 Å². The maximum absolute atomic E-state index is 12.9. The van der Waals surface area contributed by atoms with Gasteiger partial charge in [-0.2, -0.15) is 5.10 Å². The Bertz CT molecular complexity index is 1350. The fraction of sp³-hybridized carbons (Fsp3) is 0.214. The third-order valence-electron chi connectivity index (χ3n) is 5.87. The van der Waals surface area contributed by atoms with Gasteiger partial charge in [-0.25, -0.2) is 0 Å². The number of anilines is 1. The number of hydrogen-bond donors (Lipinski definition) is 1. The molecule has 0 radical (unpaired) electrons. The molecular weight excluding hydrogens is 481 g/mol. The molecule has 0 aliphatic carbocycles. The molecule has 0 saturated heterocycles. The number of nitrogens with zero attached hydrogens (tertiary/aromatic N) is 2.